The lowest BCUT2D eigenvalue weighted by molar-refractivity contribution is 0.0871. The van der Waals surface area contributed by atoms with Gasteiger partial charge in [0.05, 0.1) is 13.2 Å². The van der Waals surface area contributed by atoms with Crippen LogP contribution in [0.3, 0.4) is 0 Å². The maximum Gasteiger partial charge on any atom is 0.500 e. The average Bonchev–Trinajstić information content (AvgIpc) is 3.13. The summed E-state index contributed by atoms with van der Waals surface area (Å²) >= 11 is 3.45. The van der Waals surface area contributed by atoms with E-state index in [0.29, 0.717) is 6.61 Å². The Morgan fingerprint density at radius 1 is 1.31 bits per heavy atom. The van der Waals surface area contributed by atoms with Crippen molar-refractivity contribution in [1.82, 2.24) is 0 Å². The number of alkyl halides is 1. The maximum atomic E-state index is 5.54. The van der Waals surface area contributed by atoms with Crippen molar-refractivity contribution in [3.8, 4) is 0 Å². The molecule has 0 aromatic carbocycles. The van der Waals surface area contributed by atoms with Gasteiger partial charge in [-0.3, -0.25) is 0 Å². The van der Waals surface area contributed by atoms with Crippen LogP contribution in [-0.2, 0) is 22.8 Å². The largest absolute Gasteiger partial charge is 0.500 e. The van der Waals surface area contributed by atoms with Crippen molar-refractivity contribution in [2.24, 2.45) is 0 Å². The highest BCUT2D eigenvalue weighted by Gasteiger charge is 2.38. The SMILES string of the molecule is CO[Si](CCC(Br)OCC1CO1)(OC)OC. The van der Waals surface area contributed by atoms with Crippen molar-refractivity contribution in [2.45, 2.75) is 23.6 Å². The maximum absolute atomic E-state index is 5.54. The van der Waals surface area contributed by atoms with E-state index in [-0.39, 0.29) is 11.1 Å². The fourth-order valence-electron chi connectivity index (χ4n) is 1.31. The molecule has 0 spiro atoms. The van der Waals surface area contributed by atoms with Crippen LogP contribution < -0.4 is 0 Å². The second-order valence-corrected chi connectivity index (χ2v) is 7.64. The molecule has 1 saturated heterocycles. The van der Waals surface area contributed by atoms with Crippen molar-refractivity contribution < 1.29 is 22.8 Å². The highest BCUT2D eigenvalue weighted by molar-refractivity contribution is 9.09. The highest BCUT2D eigenvalue weighted by atomic mass is 79.9. The molecule has 0 radical (unpaired) electrons. The van der Waals surface area contributed by atoms with Crippen LogP contribution in [0.5, 0.6) is 0 Å². The van der Waals surface area contributed by atoms with Gasteiger partial charge in [-0.1, -0.05) is 15.9 Å². The molecule has 1 heterocycles. The summed E-state index contributed by atoms with van der Waals surface area (Å²) in [5.74, 6) is 0. The Hall–Kier alpha value is 0.497. The van der Waals surface area contributed by atoms with Gasteiger partial charge in [0.1, 0.15) is 11.1 Å². The summed E-state index contributed by atoms with van der Waals surface area (Å²) in [7, 11) is 2.38. The molecule has 0 saturated carbocycles. The van der Waals surface area contributed by atoms with E-state index in [1.165, 1.54) is 0 Å². The standard InChI is InChI=1S/C9H19BrO5Si/c1-11-16(12-2,13-3)5-4-9(10)15-7-8-6-14-8/h8-9H,4-7H2,1-3H3. The Bertz CT molecular complexity index is 190. The lowest BCUT2D eigenvalue weighted by Gasteiger charge is -2.25. The topological polar surface area (TPSA) is 49.5 Å². The van der Waals surface area contributed by atoms with Gasteiger partial charge in [-0.25, -0.2) is 0 Å². The minimum atomic E-state index is -2.46. The summed E-state index contributed by atoms with van der Waals surface area (Å²) in [4.78, 5) is 0. The third-order valence-corrected chi connectivity index (χ3v) is 5.97. The summed E-state index contributed by atoms with van der Waals surface area (Å²) in [6.07, 6.45) is 1.07. The Morgan fingerprint density at radius 3 is 2.31 bits per heavy atom. The first-order valence-electron chi connectivity index (χ1n) is 5.18. The Balaban J connectivity index is 2.18. The zero-order chi connectivity index (χ0) is 12.0. The molecule has 0 aliphatic carbocycles. The van der Waals surface area contributed by atoms with Gasteiger partial charge in [-0.2, -0.15) is 0 Å². The molecule has 16 heavy (non-hydrogen) atoms. The van der Waals surface area contributed by atoms with Crippen LogP contribution in [0.25, 0.3) is 0 Å². The Kier molecular flexibility index (Phi) is 6.41. The van der Waals surface area contributed by atoms with E-state index in [2.05, 4.69) is 15.9 Å². The third-order valence-electron chi connectivity index (χ3n) is 2.48. The van der Waals surface area contributed by atoms with Crippen molar-refractivity contribution in [2.75, 3.05) is 34.5 Å². The molecule has 96 valence electrons. The molecular weight excluding hydrogens is 296 g/mol. The molecule has 0 bridgehead atoms. The fraction of sp³-hybridized carbons (Fsp3) is 1.00. The Morgan fingerprint density at radius 2 is 1.88 bits per heavy atom. The summed E-state index contributed by atoms with van der Waals surface area (Å²) in [5, 5.41) is -0.0102. The van der Waals surface area contributed by atoms with E-state index in [0.717, 1.165) is 19.1 Å². The first kappa shape index (κ1) is 14.6. The normalized spacial score (nSPS) is 22.1. The summed E-state index contributed by atoms with van der Waals surface area (Å²) in [6.45, 7) is 1.45. The van der Waals surface area contributed by atoms with E-state index < -0.39 is 8.80 Å². The molecule has 0 N–H and O–H groups in total. The van der Waals surface area contributed by atoms with Crippen molar-refractivity contribution >= 4 is 24.7 Å². The molecule has 0 aromatic heterocycles. The smallest absolute Gasteiger partial charge is 0.377 e. The van der Waals surface area contributed by atoms with Crippen molar-refractivity contribution in [3.05, 3.63) is 0 Å². The van der Waals surface area contributed by atoms with E-state index in [9.17, 15) is 0 Å². The van der Waals surface area contributed by atoms with E-state index in [1.807, 2.05) is 0 Å². The number of epoxide rings is 1. The van der Waals surface area contributed by atoms with Gasteiger partial charge in [0.2, 0.25) is 0 Å². The van der Waals surface area contributed by atoms with Crippen molar-refractivity contribution in [3.63, 3.8) is 0 Å². The van der Waals surface area contributed by atoms with Gasteiger partial charge in [0.15, 0.2) is 0 Å². The lowest BCUT2D eigenvalue weighted by atomic mass is 10.5. The van der Waals surface area contributed by atoms with Crippen LogP contribution in [0.2, 0.25) is 6.04 Å². The molecule has 0 amide bonds. The summed E-state index contributed by atoms with van der Waals surface area (Å²) < 4.78 is 26.6. The van der Waals surface area contributed by atoms with Crippen LogP contribution in [0.1, 0.15) is 6.42 Å². The molecule has 7 heteroatoms. The summed E-state index contributed by atoms with van der Waals surface area (Å²) in [6, 6.07) is 0.720. The predicted octanol–water partition coefficient (Wildman–Crippen LogP) is 1.39. The summed E-state index contributed by atoms with van der Waals surface area (Å²) in [5.41, 5.74) is 0. The third kappa shape index (κ3) is 4.78. The zero-order valence-corrected chi connectivity index (χ0v) is 12.5. The van der Waals surface area contributed by atoms with Crippen LogP contribution >= 0.6 is 15.9 Å². The fourth-order valence-corrected chi connectivity index (χ4v) is 3.84. The molecular formula is C9H19BrO5Si. The van der Waals surface area contributed by atoms with Gasteiger partial charge in [-0.05, 0) is 6.42 Å². The van der Waals surface area contributed by atoms with Gasteiger partial charge in [0.25, 0.3) is 0 Å². The molecule has 1 aliphatic heterocycles. The van der Waals surface area contributed by atoms with Gasteiger partial charge in [0, 0.05) is 27.4 Å². The first-order valence-corrected chi connectivity index (χ1v) is 8.03. The number of ether oxygens (including phenoxy) is 2. The highest BCUT2D eigenvalue weighted by Crippen LogP contribution is 2.21. The molecule has 5 nitrogen and oxygen atoms in total. The molecule has 0 aromatic rings. The van der Waals surface area contributed by atoms with Gasteiger partial charge >= 0.3 is 8.80 Å². The van der Waals surface area contributed by atoms with Crippen LogP contribution in [0, 0.1) is 0 Å². The Labute approximate surface area is 106 Å². The van der Waals surface area contributed by atoms with Crippen LogP contribution in [0.4, 0.5) is 0 Å². The molecule has 1 fully saturated rings. The molecule has 1 rings (SSSR count). The van der Waals surface area contributed by atoms with Crippen molar-refractivity contribution in [1.29, 1.82) is 0 Å². The molecule has 1 aliphatic rings. The average molecular weight is 315 g/mol. The van der Waals surface area contributed by atoms with Crippen LogP contribution in [0.15, 0.2) is 0 Å². The number of hydrogen-bond donors (Lipinski definition) is 0. The predicted molar refractivity (Wildman–Crippen MR) is 64.6 cm³/mol. The van der Waals surface area contributed by atoms with Crippen LogP contribution in [-0.4, -0.2) is 54.5 Å². The molecule has 2 unspecified atom stereocenters. The van der Waals surface area contributed by atoms with Gasteiger partial charge < -0.3 is 22.8 Å². The number of hydrogen-bond acceptors (Lipinski definition) is 5. The lowest BCUT2D eigenvalue weighted by Crippen LogP contribution is -2.43. The first-order chi connectivity index (χ1) is 7.65. The second-order valence-electron chi connectivity index (χ2n) is 3.53. The minimum Gasteiger partial charge on any atom is -0.377 e. The number of rotatable bonds is 9. The van der Waals surface area contributed by atoms with E-state index >= 15 is 0 Å². The second kappa shape index (κ2) is 7.05. The van der Waals surface area contributed by atoms with Gasteiger partial charge in [-0.15, -0.1) is 0 Å². The molecule has 2 atom stereocenters. The quantitative estimate of drug-likeness (QED) is 0.366. The van der Waals surface area contributed by atoms with E-state index in [1.54, 1.807) is 21.3 Å². The zero-order valence-electron chi connectivity index (χ0n) is 9.90. The monoisotopic (exact) mass is 314 g/mol. The van der Waals surface area contributed by atoms with E-state index in [4.69, 9.17) is 22.8 Å². The number of halogens is 1. The minimum absolute atomic E-state index is 0.0102.